The minimum atomic E-state index is -3.01. The maximum atomic E-state index is 7.13. The number of benzene rings is 11. The van der Waals surface area contributed by atoms with Gasteiger partial charge in [0.05, 0.1) is 0 Å². The Morgan fingerprint density at radius 3 is 1.62 bits per heavy atom. The number of hydrogen-bond donors (Lipinski definition) is 0. The average Bonchev–Trinajstić information content (AvgIpc) is 1.53. The molecule has 2 aliphatic rings. The molecule has 0 fully saturated rings. The minimum absolute atomic E-state index is 0. The van der Waals surface area contributed by atoms with E-state index in [9.17, 15) is 0 Å². The first-order valence-corrected chi connectivity index (χ1v) is 35.1. The van der Waals surface area contributed by atoms with Crippen LogP contribution in [0.3, 0.4) is 0 Å². The Hall–Kier alpha value is -9.32. The first-order chi connectivity index (χ1) is 45.1. The van der Waals surface area contributed by atoms with Crippen LogP contribution in [-0.2, 0) is 42.7 Å². The van der Waals surface area contributed by atoms with Gasteiger partial charge in [0.25, 0.3) is 0 Å². The predicted molar refractivity (Wildman–Crippen MR) is 398 cm³/mol. The zero-order valence-corrected chi connectivity index (χ0v) is 59.6. The molecule has 95 heavy (non-hydrogen) atoms. The fraction of sp³-hybridized carbons (Fsp3) is 0.182. The molecule has 474 valence electrons. The quantitative estimate of drug-likeness (QED) is 0.101. The third kappa shape index (κ3) is 11.0. The zero-order chi connectivity index (χ0) is 65.1. The van der Waals surface area contributed by atoms with Crippen LogP contribution in [0.5, 0.6) is 11.5 Å². The molecule has 0 saturated heterocycles. The summed E-state index contributed by atoms with van der Waals surface area (Å²) in [5.74, 6) is 1.98. The van der Waals surface area contributed by atoms with Crippen LogP contribution >= 0.6 is 0 Å². The van der Waals surface area contributed by atoms with Gasteiger partial charge >= 0.3 is 0 Å². The smallest absolute Gasteiger partial charge is 0.180 e. The SMILES string of the molecule is CC(C)(C)c1cccc(-c2cnc(-n3c4[c-]c(Oc5[c-]c(N6[CH-]N(c7c(-c8ccccc8)cccc7-c7cc(C(C)(C)C)cc(C(C)(C)C)c7)c7ccccc76)ccc5)ccc4c4c5c(ccc43)-c3ccccc3[Si]5(c3ccccc3)c3ccccc3)cc2C(C)(C)C)c1.[Pt]. The van der Waals surface area contributed by atoms with Crippen LogP contribution in [-0.4, -0.2) is 17.6 Å². The van der Waals surface area contributed by atoms with Crippen molar-refractivity contribution in [1.29, 1.82) is 0 Å². The molecule has 2 aliphatic heterocycles. The number of nitrogens with zero attached hydrogens (tertiary/aromatic N) is 4. The second-order valence-corrected chi connectivity index (χ2v) is 33.4. The third-order valence-electron chi connectivity index (χ3n) is 19.4. The van der Waals surface area contributed by atoms with Gasteiger partial charge in [0, 0.05) is 78.0 Å². The summed E-state index contributed by atoms with van der Waals surface area (Å²) < 4.78 is 9.49. The fourth-order valence-electron chi connectivity index (χ4n) is 14.6. The van der Waals surface area contributed by atoms with E-state index in [1.54, 1.807) is 0 Å². The standard InChI is InChI=1S/C88H79N4OSi.Pt/c1-85(2,3)61-32-26-31-59(49-61)74-56-89-81(55-75(74)88(10,11)12)92-78-48-47-72-71-39-22-25-44-80(71)94(67-35-18-14-19-36-67,68-37-20-15-21-38-68)84(72)82(78)73-46-45-66(54-79(73)92)93-65-34-27-33-64(53-65)90-57-91(77-43-24-23-42-76(77)90)83-69(58-29-16-13-17-30-58)40-28-41-70(83)60-50-62(86(4,5)6)52-63(51-60)87(7,8)9;/h13-52,55-57H,1-12H3;/q-3;. The Morgan fingerprint density at radius 1 is 0.421 bits per heavy atom. The van der Waals surface area contributed by atoms with Gasteiger partial charge < -0.3 is 19.1 Å². The second-order valence-electron chi connectivity index (χ2n) is 29.7. The number of pyridine rings is 1. The van der Waals surface area contributed by atoms with Crippen LogP contribution in [0.1, 0.15) is 105 Å². The van der Waals surface area contributed by atoms with E-state index in [0.717, 1.165) is 72.8 Å². The second kappa shape index (κ2) is 23.8. The predicted octanol–water partition coefficient (Wildman–Crippen LogP) is 20.5. The van der Waals surface area contributed by atoms with Gasteiger partial charge in [-0.25, -0.2) is 4.98 Å². The van der Waals surface area contributed by atoms with E-state index in [1.807, 2.05) is 6.07 Å². The monoisotopic (exact) mass is 1430 g/mol. The summed E-state index contributed by atoms with van der Waals surface area (Å²) in [6.07, 6.45) is 2.11. The normalized spacial score (nSPS) is 13.6. The molecule has 0 bridgehead atoms. The van der Waals surface area contributed by atoms with E-state index in [2.05, 4.69) is 365 Å². The van der Waals surface area contributed by atoms with E-state index in [-0.39, 0.29) is 42.7 Å². The van der Waals surface area contributed by atoms with Gasteiger partial charge in [-0.2, -0.15) is 12.1 Å². The molecule has 0 atom stereocenters. The maximum Gasteiger partial charge on any atom is 0.180 e. The maximum absolute atomic E-state index is 7.13. The van der Waals surface area contributed by atoms with Crippen molar-refractivity contribution in [2.75, 3.05) is 9.80 Å². The minimum Gasteiger partial charge on any atom is -0.509 e. The molecule has 0 N–H and O–H groups in total. The van der Waals surface area contributed by atoms with Crippen molar-refractivity contribution in [3.05, 3.63) is 296 Å². The number of hydrogen-bond acceptors (Lipinski definition) is 4. The molecule has 2 aromatic heterocycles. The Balaban J connectivity index is 0.00000778. The fourth-order valence-corrected chi connectivity index (χ4v) is 20.0. The van der Waals surface area contributed by atoms with Gasteiger partial charge in [-0.05, 0) is 122 Å². The summed E-state index contributed by atoms with van der Waals surface area (Å²) in [6, 6.07) is 99.6. The van der Waals surface area contributed by atoms with Crippen LogP contribution in [0.25, 0.3) is 72.1 Å². The summed E-state index contributed by atoms with van der Waals surface area (Å²) >= 11 is 0. The summed E-state index contributed by atoms with van der Waals surface area (Å²) in [5, 5.41) is 7.77. The van der Waals surface area contributed by atoms with Crippen molar-refractivity contribution in [2.45, 2.75) is 105 Å². The molecule has 0 unspecified atom stereocenters. The Labute approximate surface area is 577 Å². The van der Waals surface area contributed by atoms with Crippen LogP contribution < -0.4 is 35.3 Å². The zero-order valence-electron chi connectivity index (χ0n) is 56.3. The number of aromatic nitrogens is 2. The van der Waals surface area contributed by atoms with Crippen LogP contribution in [0, 0.1) is 18.8 Å². The van der Waals surface area contributed by atoms with Crippen LogP contribution in [0.4, 0.5) is 22.7 Å². The topological polar surface area (TPSA) is 33.5 Å². The molecule has 0 amide bonds. The summed E-state index contributed by atoms with van der Waals surface area (Å²) in [6.45, 7) is 29.9. The average molecular weight is 1430 g/mol. The summed E-state index contributed by atoms with van der Waals surface area (Å²) in [7, 11) is -3.01. The number of fused-ring (bicyclic) bond motifs is 8. The Morgan fingerprint density at radius 2 is 0.968 bits per heavy atom. The molecule has 15 rings (SSSR count). The molecule has 7 heteroatoms. The molecule has 4 heterocycles. The van der Waals surface area contributed by atoms with Crippen molar-refractivity contribution in [3.63, 3.8) is 0 Å². The first kappa shape index (κ1) is 63.1. The van der Waals surface area contributed by atoms with Crippen molar-refractivity contribution in [3.8, 4) is 61.8 Å². The van der Waals surface area contributed by atoms with Gasteiger partial charge in [-0.15, -0.1) is 48.1 Å². The number of anilines is 4. The van der Waals surface area contributed by atoms with Crippen LogP contribution in [0.15, 0.2) is 255 Å². The van der Waals surface area contributed by atoms with Gasteiger partial charge in [0.15, 0.2) is 8.07 Å². The third-order valence-corrected chi connectivity index (χ3v) is 24.3. The van der Waals surface area contributed by atoms with E-state index >= 15 is 0 Å². The van der Waals surface area contributed by atoms with Gasteiger partial charge in [0.2, 0.25) is 0 Å². The molecule has 13 aromatic rings. The molecule has 11 aromatic carbocycles. The molecular weight excluding hydrogens is 1350 g/mol. The number of ether oxygens (including phenoxy) is 1. The molecule has 5 nitrogen and oxygen atoms in total. The molecular formula is C88H79N4OPtSi-3. The summed E-state index contributed by atoms with van der Waals surface area (Å²) in [4.78, 5) is 10.2. The Bertz CT molecular complexity index is 5010. The molecule has 0 radical (unpaired) electrons. The van der Waals surface area contributed by atoms with E-state index in [1.165, 1.54) is 65.1 Å². The van der Waals surface area contributed by atoms with Gasteiger partial charge in [-0.3, -0.25) is 0 Å². The van der Waals surface area contributed by atoms with E-state index in [4.69, 9.17) is 9.72 Å². The summed E-state index contributed by atoms with van der Waals surface area (Å²) in [5.41, 5.74) is 20.3. The van der Waals surface area contributed by atoms with Crippen molar-refractivity contribution in [2.24, 2.45) is 0 Å². The van der Waals surface area contributed by atoms with Crippen LogP contribution in [0.2, 0.25) is 0 Å². The van der Waals surface area contributed by atoms with E-state index < -0.39 is 8.07 Å². The van der Waals surface area contributed by atoms with Crippen molar-refractivity contribution < 1.29 is 25.8 Å². The van der Waals surface area contributed by atoms with E-state index in [0.29, 0.717) is 11.5 Å². The van der Waals surface area contributed by atoms with Crippen molar-refractivity contribution >= 4 is 73.4 Å². The van der Waals surface area contributed by atoms with Gasteiger partial charge in [0.1, 0.15) is 5.82 Å². The number of rotatable bonds is 10. The van der Waals surface area contributed by atoms with Gasteiger partial charge in [-0.1, -0.05) is 283 Å². The number of para-hydroxylation sites is 3. The Kier molecular flexibility index (Phi) is 15.8. The molecule has 0 spiro atoms. The molecule has 0 saturated carbocycles. The molecule has 0 aliphatic carbocycles. The first-order valence-electron chi connectivity index (χ1n) is 33.1. The van der Waals surface area contributed by atoms with Crippen molar-refractivity contribution in [1.82, 2.24) is 9.55 Å². The largest absolute Gasteiger partial charge is 0.509 e.